The lowest BCUT2D eigenvalue weighted by atomic mass is 9.71. The Morgan fingerprint density at radius 3 is 2.29 bits per heavy atom. The molecule has 0 bridgehead atoms. The fraction of sp³-hybridized carbons (Fsp3) is 0.875. The Bertz CT molecular complexity index is 235. The molecule has 17 heavy (non-hydrogen) atoms. The highest BCUT2D eigenvalue weighted by Gasteiger charge is 2.29. The van der Waals surface area contributed by atoms with Crippen LogP contribution in [-0.4, -0.2) is 12.6 Å². The van der Waals surface area contributed by atoms with E-state index in [-0.39, 0.29) is 0 Å². The molecule has 0 unspecified atom stereocenters. The van der Waals surface area contributed by atoms with Crippen LogP contribution in [0.3, 0.4) is 0 Å². The van der Waals surface area contributed by atoms with Crippen LogP contribution in [-0.2, 0) is 0 Å². The van der Waals surface area contributed by atoms with Gasteiger partial charge in [-0.1, -0.05) is 20.8 Å². The molecule has 1 fully saturated rings. The number of nitrogens with one attached hydrogen (secondary N) is 1. The van der Waals surface area contributed by atoms with E-state index in [0.29, 0.717) is 5.41 Å². The number of hydrogen-bond acceptors (Lipinski definition) is 1. The largest absolute Gasteiger partial charge is 0.314 e. The standard InChI is InChI=1S/C16H29N/c1-5-6-7-8-13-17-15-11-9-14(10-12-15)16(2,3)4/h1,14-15,17H,6-13H2,2-4H3. The third-order valence-electron chi connectivity index (χ3n) is 4.13. The van der Waals surface area contributed by atoms with Gasteiger partial charge in [-0.2, -0.15) is 0 Å². The molecule has 0 amide bonds. The van der Waals surface area contributed by atoms with Crippen LogP contribution in [0.2, 0.25) is 0 Å². The summed E-state index contributed by atoms with van der Waals surface area (Å²) >= 11 is 0. The first-order valence-electron chi connectivity index (χ1n) is 7.21. The number of hydrogen-bond donors (Lipinski definition) is 1. The summed E-state index contributed by atoms with van der Waals surface area (Å²) in [6.07, 6.45) is 14.1. The topological polar surface area (TPSA) is 12.0 Å². The van der Waals surface area contributed by atoms with Crippen LogP contribution in [0.4, 0.5) is 0 Å². The van der Waals surface area contributed by atoms with Gasteiger partial charge in [-0.25, -0.2) is 0 Å². The molecule has 0 aromatic heterocycles. The number of unbranched alkanes of at least 4 members (excludes halogenated alkanes) is 2. The van der Waals surface area contributed by atoms with Crippen LogP contribution in [0, 0.1) is 23.7 Å². The molecule has 0 spiro atoms. The predicted molar refractivity (Wildman–Crippen MR) is 75.9 cm³/mol. The molecule has 1 heteroatoms. The van der Waals surface area contributed by atoms with Gasteiger partial charge < -0.3 is 5.32 Å². The van der Waals surface area contributed by atoms with Crippen molar-refractivity contribution in [2.45, 2.75) is 71.8 Å². The first-order chi connectivity index (χ1) is 8.04. The van der Waals surface area contributed by atoms with E-state index in [1.54, 1.807) is 0 Å². The molecule has 1 nitrogen and oxygen atoms in total. The fourth-order valence-electron chi connectivity index (χ4n) is 2.82. The molecule has 0 radical (unpaired) electrons. The quantitative estimate of drug-likeness (QED) is 0.561. The Kier molecular flexibility index (Phi) is 6.06. The van der Waals surface area contributed by atoms with E-state index in [1.165, 1.54) is 38.5 Å². The van der Waals surface area contributed by atoms with Crippen LogP contribution in [0.1, 0.15) is 65.7 Å². The van der Waals surface area contributed by atoms with E-state index in [0.717, 1.165) is 24.9 Å². The zero-order valence-corrected chi connectivity index (χ0v) is 11.9. The highest BCUT2D eigenvalue weighted by Crippen LogP contribution is 2.37. The van der Waals surface area contributed by atoms with Gasteiger partial charge in [0.15, 0.2) is 0 Å². The van der Waals surface area contributed by atoms with Gasteiger partial charge in [0.25, 0.3) is 0 Å². The van der Waals surface area contributed by atoms with Crippen LogP contribution < -0.4 is 5.32 Å². The lowest BCUT2D eigenvalue weighted by Gasteiger charge is -2.37. The first kappa shape index (κ1) is 14.6. The summed E-state index contributed by atoms with van der Waals surface area (Å²) in [7, 11) is 0. The summed E-state index contributed by atoms with van der Waals surface area (Å²) in [5.74, 6) is 3.62. The van der Waals surface area contributed by atoms with Gasteiger partial charge in [0.05, 0.1) is 0 Å². The van der Waals surface area contributed by atoms with Gasteiger partial charge in [-0.15, -0.1) is 12.3 Å². The predicted octanol–water partition coefficient (Wildman–Crippen LogP) is 3.98. The molecule has 1 aliphatic carbocycles. The fourth-order valence-corrected chi connectivity index (χ4v) is 2.82. The van der Waals surface area contributed by atoms with Gasteiger partial charge in [0.2, 0.25) is 0 Å². The third kappa shape index (κ3) is 5.59. The Hall–Kier alpha value is -0.480. The SMILES string of the molecule is C#CCCCCNC1CCC(C(C)(C)C)CC1. The Balaban J connectivity index is 2.09. The normalized spacial score (nSPS) is 25.5. The molecule has 1 rings (SSSR count). The molecule has 0 aromatic rings. The molecule has 0 aromatic carbocycles. The zero-order chi connectivity index (χ0) is 12.7. The smallest absolute Gasteiger partial charge is 0.00865 e. The lowest BCUT2D eigenvalue weighted by molar-refractivity contribution is 0.160. The molecule has 98 valence electrons. The summed E-state index contributed by atoms with van der Waals surface area (Å²) in [6, 6.07) is 0.763. The van der Waals surface area contributed by atoms with Crippen molar-refractivity contribution < 1.29 is 0 Å². The van der Waals surface area contributed by atoms with Gasteiger partial charge >= 0.3 is 0 Å². The number of rotatable bonds is 5. The van der Waals surface area contributed by atoms with Gasteiger partial charge in [-0.3, -0.25) is 0 Å². The maximum Gasteiger partial charge on any atom is 0.00865 e. The molecule has 1 N–H and O–H groups in total. The van der Waals surface area contributed by atoms with Crippen molar-refractivity contribution in [3.8, 4) is 12.3 Å². The molecule has 1 saturated carbocycles. The van der Waals surface area contributed by atoms with Crippen molar-refractivity contribution in [3.05, 3.63) is 0 Å². The minimum atomic E-state index is 0.498. The van der Waals surface area contributed by atoms with Crippen molar-refractivity contribution in [1.82, 2.24) is 5.32 Å². The van der Waals surface area contributed by atoms with E-state index < -0.39 is 0 Å². The van der Waals surface area contributed by atoms with E-state index in [9.17, 15) is 0 Å². The van der Waals surface area contributed by atoms with Crippen molar-refractivity contribution in [2.24, 2.45) is 11.3 Å². The summed E-state index contributed by atoms with van der Waals surface area (Å²) < 4.78 is 0. The van der Waals surface area contributed by atoms with Crippen LogP contribution >= 0.6 is 0 Å². The maximum absolute atomic E-state index is 5.24. The maximum atomic E-state index is 5.24. The second-order valence-electron chi connectivity index (χ2n) is 6.53. The van der Waals surface area contributed by atoms with E-state index in [2.05, 4.69) is 32.0 Å². The highest BCUT2D eigenvalue weighted by molar-refractivity contribution is 4.84. The average molecular weight is 235 g/mol. The average Bonchev–Trinajstić information content (AvgIpc) is 2.28. The summed E-state index contributed by atoms with van der Waals surface area (Å²) in [5.41, 5.74) is 0.498. The molecule has 0 aliphatic heterocycles. The second kappa shape index (κ2) is 7.07. The summed E-state index contributed by atoms with van der Waals surface area (Å²) in [4.78, 5) is 0. The summed E-state index contributed by atoms with van der Waals surface area (Å²) in [6.45, 7) is 8.29. The van der Waals surface area contributed by atoms with E-state index in [1.807, 2.05) is 0 Å². The van der Waals surface area contributed by atoms with Gasteiger partial charge in [-0.05, 0) is 56.4 Å². The van der Waals surface area contributed by atoms with Crippen molar-refractivity contribution in [3.63, 3.8) is 0 Å². The van der Waals surface area contributed by atoms with E-state index >= 15 is 0 Å². The van der Waals surface area contributed by atoms with Gasteiger partial charge in [0.1, 0.15) is 0 Å². The second-order valence-corrected chi connectivity index (χ2v) is 6.53. The first-order valence-corrected chi connectivity index (χ1v) is 7.21. The molecule has 0 saturated heterocycles. The zero-order valence-electron chi connectivity index (χ0n) is 11.9. The summed E-state index contributed by atoms with van der Waals surface area (Å²) in [5, 5.41) is 3.68. The molecular formula is C16H29N. The van der Waals surface area contributed by atoms with Crippen LogP contribution in [0.5, 0.6) is 0 Å². The molecule has 0 atom stereocenters. The van der Waals surface area contributed by atoms with Crippen LogP contribution in [0.15, 0.2) is 0 Å². The molecular weight excluding hydrogens is 206 g/mol. The monoisotopic (exact) mass is 235 g/mol. The Morgan fingerprint density at radius 1 is 1.12 bits per heavy atom. The minimum Gasteiger partial charge on any atom is -0.314 e. The molecule has 0 heterocycles. The van der Waals surface area contributed by atoms with Gasteiger partial charge in [0, 0.05) is 12.5 Å². The van der Waals surface area contributed by atoms with Crippen molar-refractivity contribution in [1.29, 1.82) is 0 Å². The highest BCUT2D eigenvalue weighted by atomic mass is 14.9. The molecule has 1 aliphatic rings. The van der Waals surface area contributed by atoms with E-state index in [4.69, 9.17) is 6.42 Å². The van der Waals surface area contributed by atoms with Crippen LogP contribution in [0.25, 0.3) is 0 Å². The third-order valence-corrected chi connectivity index (χ3v) is 4.13. The number of terminal acetylenes is 1. The Labute approximate surface area is 108 Å². The van der Waals surface area contributed by atoms with Crippen molar-refractivity contribution in [2.75, 3.05) is 6.54 Å². The minimum absolute atomic E-state index is 0.498. The van der Waals surface area contributed by atoms with Crippen molar-refractivity contribution >= 4 is 0 Å². The lowest BCUT2D eigenvalue weighted by Crippen LogP contribution is -2.36. The Morgan fingerprint density at radius 2 is 1.76 bits per heavy atom.